The molecule has 0 saturated carbocycles. The highest BCUT2D eigenvalue weighted by Gasteiger charge is 2.15. The van der Waals surface area contributed by atoms with E-state index < -0.39 is 0 Å². The Morgan fingerprint density at radius 2 is 2.15 bits per heavy atom. The van der Waals surface area contributed by atoms with Gasteiger partial charge in [0.2, 0.25) is 0 Å². The van der Waals surface area contributed by atoms with Crippen LogP contribution in [0.4, 0.5) is 5.69 Å². The number of aromatic nitrogens is 1. The number of fused-ring (bicyclic) bond motifs is 1. The molecule has 3 heterocycles. The van der Waals surface area contributed by atoms with Crippen LogP contribution < -0.4 is 5.73 Å². The number of nitrogens with one attached hydrogen (secondary N) is 1. The molecule has 144 valence electrons. The highest BCUT2D eigenvalue weighted by atomic mass is 35.5. The Labute approximate surface area is 176 Å². The third kappa shape index (κ3) is 4.55. The number of nitrogens with two attached hydrogens (primary N) is 1. The Hall–Kier alpha value is -1.79. The van der Waals surface area contributed by atoms with E-state index in [1.165, 1.54) is 16.5 Å². The van der Waals surface area contributed by atoms with Gasteiger partial charge < -0.3 is 10.7 Å². The average molecular weight is 423 g/mol. The maximum atomic E-state index is 6.14. The second-order valence-electron chi connectivity index (χ2n) is 6.28. The van der Waals surface area contributed by atoms with Crippen LogP contribution in [0.1, 0.15) is 23.8 Å². The predicted molar refractivity (Wildman–Crippen MR) is 122 cm³/mol. The number of aliphatic imine (C=N–C) groups is 1. The normalized spacial score (nSPS) is 15.1. The molecule has 0 amide bonds. The molecule has 1 aliphatic heterocycles. The molecule has 0 radical (unpaired) electrons. The van der Waals surface area contributed by atoms with E-state index in [9.17, 15) is 0 Å². The number of halogens is 2. The SMILES string of the molecule is CCN1CC=C(c2c[nH]c3ccc(N=C(N)c4cccs4)cc23)CC1.Cl.Cl. The minimum Gasteiger partial charge on any atom is -0.383 e. The van der Waals surface area contributed by atoms with Crippen LogP contribution in [-0.4, -0.2) is 35.4 Å². The fourth-order valence-electron chi connectivity index (χ4n) is 3.31. The van der Waals surface area contributed by atoms with E-state index >= 15 is 0 Å². The summed E-state index contributed by atoms with van der Waals surface area (Å²) in [5.74, 6) is 0.571. The molecule has 0 aliphatic carbocycles. The molecular weight excluding hydrogens is 399 g/mol. The summed E-state index contributed by atoms with van der Waals surface area (Å²) in [4.78, 5) is 11.5. The first-order valence-corrected chi connectivity index (χ1v) is 9.53. The molecular formula is C20H24Cl2N4S. The molecule has 0 fully saturated rings. The van der Waals surface area contributed by atoms with Crippen LogP contribution in [0.15, 0.2) is 53.0 Å². The number of rotatable bonds is 4. The van der Waals surface area contributed by atoms with Gasteiger partial charge in [-0.3, -0.25) is 4.90 Å². The van der Waals surface area contributed by atoms with Crippen molar-refractivity contribution >= 4 is 64.1 Å². The second kappa shape index (κ2) is 9.42. The van der Waals surface area contributed by atoms with Crippen LogP contribution in [0.3, 0.4) is 0 Å². The first-order chi connectivity index (χ1) is 12.2. The van der Waals surface area contributed by atoms with Crippen molar-refractivity contribution in [2.24, 2.45) is 10.7 Å². The number of hydrogen-bond donors (Lipinski definition) is 2. The van der Waals surface area contributed by atoms with Crippen molar-refractivity contribution in [2.45, 2.75) is 13.3 Å². The van der Waals surface area contributed by atoms with E-state index in [0.29, 0.717) is 5.84 Å². The predicted octanol–water partition coefficient (Wildman–Crippen LogP) is 5.22. The average Bonchev–Trinajstić information content (AvgIpc) is 3.31. The summed E-state index contributed by atoms with van der Waals surface area (Å²) in [5.41, 5.74) is 10.9. The molecule has 0 unspecified atom stereocenters. The fourth-order valence-corrected chi connectivity index (χ4v) is 3.93. The number of hydrogen-bond acceptors (Lipinski definition) is 3. The van der Waals surface area contributed by atoms with E-state index in [0.717, 1.165) is 42.1 Å². The third-order valence-electron chi connectivity index (χ3n) is 4.77. The van der Waals surface area contributed by atoms with Gasteiger partial charge in [0.25, 0.3) is 0 Å². The van der Waals surface area contributed by atoms with Gasteiger partial charge in [-0.25, -0.2) is 4.99 Å². The lowest BCUT2D eigenvalue weighted by Crippen LogP contribution is -2.27. The smallest absolute Gasteiger partial charge is 0.141 e. The number of likely N-dealkylation sites (N-methyl/N-ethyl adjacent to an activating group) is 1. The summed E-state index contributed by atoms with van der Waals surface area (Å²) in [7, 11) is 0. The Bertz CT molecular complexity index is 944. The maximum absolute atomic E-state index is 6.14. The van der Waals surface area contributed by atoms with Gasteiger partial charge in [0.05, 0.1) is 10.6 Å². The topological polar surface area (TPSA) is 57.4 Å². The van der Waals surface area contributed by atoms with Gasteiger partial charge in [-0.2, -0.15) is 0 Å². The van der Waals surface area contributed by atoms with Crippen LogP contribution in [0.2, 0.25) is 0 Å². The van der Waals surface area contributed by atoms with Gasteiger partial charge >= 0.3 is 0 Å². The fraction of sp³-hybridized carbons (Fsp3) is 0.250. The molecule has 1 aliphatic rings. The van der Waals surface area contributed by atoms with Gasteiger partial charge in [-0.15, -0.1) is 36.2 Å². The van der Waals surface area contributed by atoms with Crippen LogP contribution in [-0.2, 0) is 0 Å². The lowest BCUT2D eigenvalue weighted by molar-refractivity contribution is 0.319. The molecule has 0 bridgehead atoms. The number of amidine groups is 1. The number of H-pyrrole nitrogens is 1. The maximum Gasteiger partial charge on any atom is 0.141 e. The first kappa shape index (κ1) is 21.5. The van der Waals surface area contributed by atoms with Crippen LogP contribution in [0.5, 0.6) is 0 Å². The monoisotopic (exact) mass is 422 g/mol. The number of aromatic amines is 1. The van der Waals surface area contributed by atoms with E-state index in [1.807, 2.05) is 23.6 Å². The van der Waals surface area contributed by atoms with E-state index in [4.69, 9.17) is 5.73 Å². The van der Waals surface area contributed by atoms with Crippen LogP contribution >= 0.6 is 36.2 Å². The van der Waals surface area contributed by atoms with Crippen molar-refractivity contribution in [3.63, 3.8) is 0 Å². The minimum absolute atomic E-state index is 0. The molecule has 3 N–H and O–H groups in total. The highest BCUT2D eigenvalue weighted by molar-refractivity contribution is 7.12. The van der Waals surface area contributed by atoms with Crippen LogP contribution in [0.25, 0.3) is 16.5 Å². The Morgan fingerprint density at radius 1 is 1.30 bits per heavy atom. The highest BCUT2D eigenvalue weighted by Crippen LogP contribution is 2.31. The third-order valence-corrected chi connectivity index (χ3v) is 5.67. The number of nitrogens with zero attached hydrogens (tertiary/aromatic N) is 2. The summed E-state index contributed by atoms with van der Waals surface area (Å²) in [6, 6.07) is 10.2. The van der Waals surface area contributed by atoms with Gasteiger partial charge in [0.15, 0.2) is 0 Å². The molecule has 7 heteroatoms. The van der Waals surface area contributed by atoms with Crippen molar-refractivity contribution in [3.05, 3.63) is 58.4 Å². The first-order valence-electron chi connectivity index (χ1n) is 8.65. The number of benzene rings is 1. The van der Waals surface area contributed by atoms with Gasteiger partial charge in [0, 0.05) is 35.8 Å². The van der Waals surface area contributed by atoms with Gasteiger partial charge in [0.1, 0.15) is 5.84 Å². The van der Waals surface area contributed by atoms with E-state index in [1.54, 1.807) is 11.3 Å². The molecule has 0 saturated heterocycles. The summed E-state index contributed by atoms with van der Waals surface area (Å²) < 4.78 is 0. The van der Waals surface area contributed by atoms with Crippen molar-refractivity contribution in [3.8, 4) is 0 Å². The second-order valence-corrected chi connectivity index (χ2v) is 7.23. The molecule has 0 spiro atoms. The largest absolute Gasteiger partial charge is 0.383 e. The zero-order chi connectivity index (χ0) is 17.2. The Balaban J connectivity index is 0.00000131. The van der Waals surface area contributed by atoms with Crippen molar-refractivity contribution in [1.29, 1.82) is 0 Å². The van der Waals surface area contributed by atoms with E-state index in [-0.39, 0.29) is 24.8 Å². The zero-order valence-electron chi connectivity index (χ0n) is 15.1. The van der Waals surface area contributed by atoms with Crippen molar-refractivity contribution < 1.29 is 0 Å². The Kier molecular flexibility index (Phi) is 7.50. The summed E-state index contributed by atoms with van der Waals surface area (Å²) in [6.07, 6.45) is 5.56. The summed E-state index contributed by atoms with van der Waals surface area (Å²) in [5, 5.41) is 3.23. The van der Waals surface area contributed by atoms with Gasteiger partial charge in [-0.05, 0) is 48.2 Å². The van der Waals surface area contributed by atoms with E-state index in [2.05, 4.69) is 46.2 Å². The van der Waals surface area contributed by atoms with Crippen molar-refractivity contribution in [2.75, 3.05) is 19.6 Å². The lowest BCUT2D eigenvalue weighted by Gasteiger charge is -2.24. The van der Waals surface area contributed by atoms with Crippen molar-refractivity contribution in [1.82, 2.24) is 9.88 Å². The molecule has 4 nitrogen and oxygen atoms in total. The van der Waals surface area contributed by atoms with Gasteiger partial charge in [-0.1, -0.05) is 19.1 Å². The molecule has 4 rings (SSSR count). The molecule has 2 aromatic heterocycles. The quantitative estimate of drug-likeness (QED) is 0.447. The Morgan fingerprint density at radius 3 is 2.81 bits per heavy atom. The molecule has 0 atom stereocenters. The van der Waals surface area contributed by atoms with Crippen LogP contribution in [0, 0.1) is 0 Å². The molecule has 1 aromatic carbocycles. The summed E-state index contributed by atoms with van der Waals surface area (Å²) >= 11 is 1.61. The molecule has 27 heavy (non-hydrogen) atoms. The summed E-state index contributed by atoms with van der Waals surface area (Å²) in [6.45, 7) is 5.48. The standard InChI is InChI=1S/C20H22N4S.2ClH/c1-2-24-9-7-14(8-10-24)17-13-22-18-6-5-15(12-16(17)18)23-20(21)19-4-3-11-25-19;;/h3-7,11-13,22H,2,8-10H2,1H3,(H2,21,23);2*1H. The molecule has 3 aromatic rings. The zero-order valence-corrected chi connectivity index (χ0v) is 17.6. The minimum atomic E-state index is 0. The number of thiophene rings is 1. The lowest BCUT2D eigenvalue weighted by atomic mass is 9.98.